The summed E-state index contributed by atoms with van der Waals surface area (Å²) in [4.78, 5) is 0.120. The molecule has 0 radical (unpaired) electrons. The maximum atomic E-state index is 12.0. The molecule has 5 nitrogen and oxygen atoms in total. The van der Waals surface area contributed by atoms with Crippen molar-refractivity contribution in [2.24, 2.45) is 0 Å². The predicted molar refractivity (Wildman–Crippen MR) is 65.6 cm³/mol. The van der Waals surface area contributed by atoms with Gasteiger partial charge in [0.05, 0.1) is 16.8 Å². The Labute approximate surface area is 104 Å². The predicted octanol–water partition coefficient (Wildman–Crippen LogP) is 2.17. The fourth-order valence-electron chi connectivity index (χ4n) is 1.26. The molecule has 0 spiro atoms. The van der Waals surface area contributed by atoms with Gasteiger partial charge >= 0.3 is 0 Å². The van der Waals surface area contributed by atoms with E-state index in [-0.39, 0.29) is 4.90 Å². The summed E-state index contributed by atoms with van der Waals surface area (Å²) in [6.07, 6.45) is 2.83. The van der Waals surface area contributed by atoms with E-state index in [4.69, 9.17) is 11.6 Å². The van der Waals surface area contributed by atoms with Crippen LogP contribution in [-0.2, 0) is 10.0 Å². The number of aromatic amines is 1. The lowest BCUT2D eigenvalue weighted by atomic mass is 10.2. The Balaban J connectivity index is 2.35. The standard InChI is InChI=1S/C10H10ClN3O2S/c1-7-2-3-9(4-10(7)11)17(15,16)14-8-5-12-13-6-8/h2-6,14H,1H3,(H,12,13). The minimum atomic E-state index is -3.62. The number of benzene rings is 1. The number of nitrogens with one attached hydrogen (secondary N) is 2. The van der Waals surface area contributed by atoms with Gasteiger partial charge in [0, 0.05) is 11.2 Å². The second-order valence-electron chi connectivity index (χ2n) is 3.50. The highest BCUT2D eigenvalue weighted by molar-refractivity contribution is 7.92. The summed E-state index contributed by atoms with van der Waals surface area (Å²) in [6, 6.07) is 4.58. The maximum absolute atomic E-state index is 12.0. The van der Waals surface area contributed by atoms with E-state index >= 15 is 0 Å². The van der Waals surface area contributed by atoms with Gasteiger partial charge in [0.2, 0.25) is 0 Å². The van der Waals surface area contributed by atoms with Crippen LogP contribution in [0.15, 0.2) is 35.5 Å². The molecule has 2 N–H and O–H groups in total. The molecular weight excluding hydrogens is 262 g/mol. The highest BCUT2D eigenvalue weighted by Gasteiger charge is 2.15. The molecule has 2 rings (SSSR count). The number of aryl methyl sites for hydroxylation is 1. The molecule has 0 bridgehead atoms. The number of sulfonamides is 1. The number of nitrogens with zero attached hydrogens (tertiary/aromatic N) is 1. The molecule has 0 amide bonds. The smallest absolute Gasteiger partial charge is 0.262 e. The van der Waals surface area contributed by atoms with Crippen molar-refractivity contribution in [3.05, 3.63) is 41.2 Å². The molecule has 90 valence electrons. The summed E-state index contributed by atoms with van der Waals surface area (Å²) in [7, 11) is -3.62. The average Bonchev–Trinajstić information content (AvgIpc) is 2.73. The molecule has 0 saturated heterocycles. The monoisotopic (exact) mass is 271 g/mol. The summed E-state index contributed by atoms with van der Waals surface area (Å²) < 4.78 is 26.3. The lowest BCUT2D eigenvalue weighted by Crippen LogP contribution is -2.12. The van der Waals surface area contributed by atoms with Crippen molar-refractivity contribution in [3.63, 3.8) is 0 Å². The van der Waals surface area contributed by atoms with Crippen molar-refractivity contribution >= 4 is 27.3 Å². The van der Waals surface area contributed by atoms with Crippen LogP contribution in [0.2, 0.25) is 5.02 Å². The van der Waals surface area contributed by atoms with Gasteiger partial charge in [0.25, 0.3) is 10.0 Å². The number of rotatable bonds is 3. The van der Waals surface area contributed by atoms with Gasteiger partial charge < -0.3 is 0 Å². The molecular formula is C10H10ClN3O2S. The number of hydrogen-bond acceptors (Lipinski definition) is 3. The first-order valence-electron chi connectivity index (χ1n) is 4.77. The third kappa shape index (κ3) is 2.59. The minimum Gasteiger partial charge on any atom is -0.284 e. The zero-order chi connectivity index (χ0) is 12.5. The number of anilines is 1. The highest BCUT2D eigenvalue weighted by Crippen LogP contribution is 2.21. The van der Waals surface area contributed by atoms with Crippen molar-refractivity contribution < 1.29 is 8.42 Å². The van der Waals surface area contributed by atoms with E-state index in [0.29, 0.717) is 10.7 Å². The van der Waals surface area contributed by atoms with Gasteiger partial charge in [0.15, 0.2) is 0 Å². The maximum Gasteiger partial charge on any atom is 0.262 e. The quantitative estimate of drug-likeness (QED) is 0.898. The third-order valence-corrected chi connectivity index (χ3v) is 3.99. The summed E-state index contributed by atoms with van der Waals surface area (Å²) in [6.45, 7) is 1.81. The number of aromatic nitrogens is 2. The van der Waals surface area contributed by atoms with Crippen LogP contribution < -0.4 is 4.72 Å². The van der Waals surface area contributed by atoms with E-state index in [2.05, 4.69) is 14.9 Å². The summed E-state index contributed by atoms with van der Waals surface area (Å²) in [5.74, 6) is 0. The van der Waals surface area contributed by atoms with Crippen molar-refractivity contribution in [1.82, 2.24) is 10.2 Å². The van der Waals surface area contributed by atoms with Crippen LogP contribution >= 0.6 is 11.6 Å². The molecule has 0 fully saturated rings. The molecule has 0 aliphatic heterocycles. The Morgan fingerprint density at radius 3 is 2.76 bits per heavy atom. The second kappa shape index (κ2) is 4.38. The van der Waals surface area contributed by atoms with Gasteiger partial charge in [-0.1, -0.05) is 17.7 Å². The SMILES string of the molecule is Cc1ccc(S(=O)(=O)Nc2cn[nH]c2)cc1Cl. The fourth-order valence-corrected chi connectivity index (χ4v) is 2.57. The molecule has 1 aromatic heterocycles. The average molecular weight is 272 g/mol. The van der Waals surface area contributed by atoms with Crippen LogP contribution in [0.25, 0.3) is 0 Å². The summed E-state index contributed by atoms with van der Waals surface area (Å²) >= 11 is 5.89. The van der Waals surface area contributed by atoms with Crippen molar-refractivity contribution in [2.45, 2.75) is 11.8 Å². The number of H-pyrrole nitrogens is 1. The van der Waals surface area contributed by atoms with Crippen LogP contribution in [0.4, 0.5) is 5.69 Å². The first-order chi connectivity index (χ1) is 7.99. The van der Waals surface area contributed by atoms with Crippen LogP contribution in [0.1, 0.15) is 5.56 Å². The van der Waals surface area contributed by atoms with E-state index in [1.54, 1.807) is 6.07 Å². The third-order valence-electron chi connectivity index (χ3n) is 2.20. The Kier molecular flexibility index (Phi) is 3.08. The Hall–Kier alpha value is -1.53. The largest absolute Gasteiger partial charge is 0.284 e. The highest BCUT2D eigenvalue weighted by atomic mass is 35.5. The van der Waals surface area contributed by atoms with Gasteiger partial charge in [-0.25, -0.2) is 8.42 Å². The summed E-state index contributed by atoms with van der Waals surface area (Å²) in [5.41, 5.74) is 1.20. The van der Waals surface area contributed by atoms with E-state index in [1.165, 1.54) is 24.5 Å². The van der Waals surface area contributed by atoms with Gasteiger partial charge in [-0.05, 0) is 24.6 Å². The first kappa shape index (κ1) is 11.9. The van der Waals surface area contributed by atoms with E-state index < -0.39 is 10.0 Å². The lowest BCUT2D eigenvalue weighted by molar-refractivity contribution is 0.601. The van der Waals surface area contributed by atoms with Gasteiger partial charge in [0.1, 0.15) is 0 Å². The van der Waals surface area contributed by atoms with Crippen molar-refractivity contribution in [3.8, 4) is 0 Å². The van der Waals surface area contributed by atoms with E-state index in [1.807, 2.05) is 6.92 Å². The van der Waals surface area contributed by atoms with Crippen molar-refractivity contribution in [1.29, 1.82) is 0 Å². The van der Waals surface area contributed by atoms with Gasteiger partial charge in [-0.3, -0.25) is 9.82 Å². The molecule has 1 heterocycles. The molecule has 2 aromatic rings. The van der Waals surface area contributed by atoms with E-state index in [0.717, 1.165) is 5.56 Å². The zero-order valence-electron chi connectivity index (χ0n) is 8.94. The molecule has 0 saturated carbocycles. The molecule has 0 unspecified atom stereocenters. The minimum absolute atomic E-state index is 0.120. The Bertz CT molecular complexity index is 623. The molecule has 17 heavy (non-hydrogen) atoms. The molecule has 0 aliphatic carbocycles. The second-order valence-corrected chi connectivity index (χ2v) is 5.59. The normalized spacial score (nSPS) is 11.4. The Morgan fingerprint density at radius 2 is 2.18 bits per heavy atom. The number of hydrogen-bond donors (Lipinski definition) is 2. The molecule has 1 aromatic carbocycles. The van der Waals surface area contributed by atoms with Crippen LogP contribution in [0.3, 0.4) is 0 Å². The lowest BCUT2D eigenvalue weighted by Gasteiger charge is -2.07. The first-order valence-corrected chi connectivity index (χ1v) is 6.63. The van der Waals surface area contributed by atoms with Crippen LogP contribution in [0, 0.1) is 6.92 Å². The van der Waals surface area contributed by atoms with Gasteiger partial charge in [-0.2, -0.15) is 5.10 Å². The van der Waals surface area contributed by atoms with Gasteiger partial charge in [-0.15, -0.1) is 0 Å². The zero-order valence-corrected chi connectivity index (χ0v) is 10.5. The van der Waals surface area contributed by atoms with Crippen LogP contribution in [0.5, 0.6) is 0 Å². The molecule has 0 atom stereocenters. The van der Waals surface area contributed by atoms with E-state index in [9.17, 15) is 8.42 Å². The topological polar surface area (TPSA) is 74.8 Å². The van der Waals surface area contributed by atoms with Crippen molar-refractivity contribution in [2.75, 3.05) is 4.72 Å². The number of halogens is 1. The fraction of sp³-hybridized carbons (Fsp3) is 0.100. The molecule has 0 aliphatic rings. The molecule has 7 heteroatoms. The summed E-state index contributed by atoms with van der Waals surface area (Å²) in [5, 5.41) is 6.59. The Morgan fingerprint density at radius 1 is 1.41 bits per heavy atom. The van der Waals surface area contributed by atoms with Crippen LogP contribution in [-0.4, -0.2) is 18.6 Å².